The highest BCUT2D eigenvalue weighted by molar-refractivity contribution is 9.10. The molecule has 0 N–H and O–H groups in total. The van der Waals surface area contributed by atoms with Crippen molar-refractivity contribution in [3.8, 4) is 0 Å². The fourth-order valence-electron chi connectivity index (χ4n) is 1.59. The van der Waals surface area contributed by atoms with E-state index >= 15 is 0 Å². The van der Waals surface area contributed by atoms with Crippen molar-refractivity contribution >= 4 is 39.1 Å². The number of aryl methyl sites for hydroxylation is 1. The summed E-state index contributed by atoms with van der Waals surface area (Å²) in [5, 5.41) is 0.576. The molecule has 17 heavy (non-hydrogen) atoms. The van der Waals surface area contributed by atoms with Gasteiger partial charge in [0.15, 0.2) is 0 Å². The lowest BCUT2D eigenvalue weighted by molar-refractivity contribution is 1.13. The van der Waals surface area contributed by atoms with Gasteiger partial charge >= 0.3 is 0 Å². The molecule has 0 saturated heterocycles. The molecule has 1 unspecified atom stereocenters. The molecule has 0 aliphatic carbocycles. The van der Waals surface area contributed by atoms with E-state index in [9.17, 15) is 0 Å². The van der Waals surface area contributed by atoms with Crippen LogP contribution < -0.4 is 0 Å². The van der Waals surface area contributed by atoms with Crippen molar-refractivity contribution in [1.29, 1.82) is 0 Å². The molecule has 0 spiro atoms. The van der Waals surface area contributed by atoms with E-state index in [1.165, 1.54) is 5.56 Å². The van der Waals surface area contributed by atoms with Crippen LogP contribution >= 0.6 is 39.1 Å². The van der Waals surface area contributed by atoms with Gasteiger partial charge in [0.2, 0.25) is 0 Å². The lowest BCUT2D eigenvalue weighted by Gasteiger charge is -2.11. The second kappa shape index (κ2) is 5.43. The molecule has 0 saturated carbocycles. The third-order valence-corrected chi connectivity index (χ3v) is 4.26. The van der Waals surface area contributed by atoms with Crippen LogP contribution in [0, 0.1) is 6.92 Å². The maximum absolute atomic E-state index is 6.44. The molecule has 0 amide bonds. The van der Waals surface area contributed by atoms with Crippen LogP contribution in [0.5, 0.6) is 0 Å². The van der Waals surface area contributed by atoms with Crippen LogP contribution in [0.3, 0.4) is 0 Å². The number of benzene rings is 2. The molecule has 0 fully saturated rings. The average Bonchev–Trinajstić information content (AvgIpc) is 2.33. The molecule has 0 nitrogen and oxygen atoms in total. The van der Waals surface area contributed by atoms with Crippen LogP contribution in [0.25, 0.3) is 0 Å². The first kappa shape index (κ1) is 12.9. The molecule has 3 heteroatoms. The van der Waals surface area contributed by atoms with Crippen LogP contribution in [0.2, 0.25) is 5.02 Å². The second-order valence-corrected chi connectivity index (χ2v) is 5.65. The third kappa shape index (κ3) is 3.04. The van der Waals surface area contributed by atoms with Crippen molar-refractivity contribution in [3.63, 3.8) is 0 Å². The summed E-state index contributed by atoms with van der Waals surface area (Å²) in [6, 6.07) is 13.8. The van der Waals surface area contributed by atoms with Crippen LogP contribution in [0.15, 0.2) is 46.9 Å². The van der Waals surface area contributed by atoms with E-state index in [0.717, 1.165) is 20.6 Å². The van der Waals surface area contributed by atoms with Crippen LogP contribution in [-0.2, 0) is 0 Å². The van der Waals surface area contributed by atoms with E-state index in [0.29, 0.717) is 0 Å². The molecule has 2 aromatic rings. The van der Waals surface area contributed by atoms with Crippen molar-refractivity contribution in [2.24, 2.45) is 0 Å². The smallest absolute Gasteiger partial charge is 0.0835 e. The molecule has 0 heterocycles. The normalized spacial score (nSPS) is 12.5. The Labute approximate surface area is 120 Å². The van der Waals surface area contributed by atoms with E-state index in [1.807, 2.05) is 30.3 Å². The molecule has 0 radical (unpaired) electrons. The van der Waals surface area contributed by atoms with E-state index in [-0.39, 0.29) is 5.38 Å². The zero-order valence-electron chi connectivity index (χ0n) is 9.25. The van der Waals surface area contributed by atoms with Crippen molar-refractivity contribution in [3.05, 3.63) is 68.7 Å². The molecule has 2 aromatic carbocycles. The minimum atomic E-state index is -0.149. The summed E-state index contributed by atoms with van der Waals surface area (Å²) in [4.78, 5) is 0. The van der Waals surface area contributed by atoms with Crippen molar-refractivity contribution in [1.82, 2.24) is 0 Å². The Morgan fingerprint density at radius 3 is 2.18 bits per heavy atom. The van der Waals surface area contributed by atoms with Gasteiger partial charge in [-0.1, -0.05) is 51.8 Å². The number of hydrogen-bond acceptors (Lipinski definition) is 0. The topological polar surface area (TPSA) is 0 Å². The van der Waals surface area contributed by atoms with Gasteiger partial charge in [0, 0.05) is 9.50 Å². The molecule has 0 aliphatic rings. The zero-order chi connectivity index (χ0) is 12.4. The van der Waals surface area contributed by atoms with Crippen LogP contribution in [-0.4, -0.2) is 0 Å². The Hall–Kier alpha value is -0.500. The van der Waals surface area contributed by atoms with Gasteiger partial charge in [-0.2, -0.15) is 0 Å². The lowest BCUT2D eigenvalue weighted by atomic mass is 10.0. The number of alkyl halides is 1. The van der Waals surface area contributed by atoms with Crippen molar-refractivity contribution < 1.29 is 0 Å². The first-order valence-electron chi connectivity index (χ1n) is 5.23. The highest BCUT2D eigenvalue weighted by Crippen LogP contribution is 2.31. The molecule has 0 bridgehead atoms. The van der Waals surface area contributed by atoms with Gasteiger partial charge in [-0.05, 0) is 41.8 Å². The standard InChI is InChI=1S/C14H11BrCl2/c1-9-2-3-11(8-13(9)15)14(17)10-4-6-12(16)7-5-10/h2-8,14H,1H3. The average molecular weight is 330 g/mol. The van der Waals surface area contributed by atoms with Crippen LogP contribution in [0.1, 0.15) is 22.1 Å². The zero-order valence-corrected chi connectivity index (χ0v) is 12.4. The molecule has 0 aromatic heterocycles. The monoisotopic (exact) mass is 328 g/mol. The molecular formula is C14H11BrCl2. The van der Waals surface area contributed by atoms with E-state index in [2.05, 4.69) is 35.0 Å². The predicted molar refractivity (Wildman–Crippen MR) is 78.0 cm³/mol. The SMILES string of the molecule is Cc1ccc(C(Cl)c2ccc(Cl)cc2)cc1Br. The summed E-state index contributed by atoms with van der Waals surface area (Å²) in [5.74, 6) is 0. The van der Waals surface area contributed by atoms with E-state index in [4.69, 9.17) is 23.2 Å². The van der Waals surface area contributed by atoms with Gasteiger partial charge in [-0.3, -0.25) is 0 Å². The Balaban J connectivity index is 2.33. The first-order valence-corrected chi connectivity index (χ1v) is 6.84. The van der Waals surface area contributed by atoms with Gasteiger partial charge in [0.1, 0.15) is 0 Å². The summed E-state index contributed by atoms with van der Waals surface area (Å²) in [6.07, 6.45) is 0. The lowest BCUT2D eigenvalue weighted by Crippen LogP contribution is -1.93. The molecule has 88 valence electrons. The van der Waals surface area contributed by atoms with Crippen LogP contribution in [0.4, 0.5) is 0 Å². The molecule has 0 aliphatic heterocycles. The van der Waals surface area contributed by atoms with Crippen molar-refractivity contribution in [2.75, 3.05) is 0 Å². The van der Waals surface area contributed by atoms with Crippen molar-refractivity contribution in [2.45, 2.75) is 12.3 Å². The summed E-state index contributed by atoms with van der Waals surface area (Å²) in [7, 11) is 0. The summed E-state index contributed by atoms with van der Waals surface area (Å²) in [6.45, 7) is 2.05. The Morgan fingerprint density at radius 2 is 1.59 bits per heavy atom. The van der Waals surface area contributed by atoms with Gasteiger partial charge in [0.25, 0.3) is 0 Å². The van der Waals surface area contributed by atoms with Gasteiger partial charge in [0.05, 0.1) is 5.38 Å². The fourth-order valence-corrected chi connectivity index (χ4v) is 2.39. The minimum Gasteiger partial charge on any atom is -0.113 e. The van der Waals surface area contributed by atoms with E-state index in [1.54, 1.807) is 0 Å². The number of hydrogen-bond donors (Lipinski definition) is 0. The Morgan fingerprint density at radius 1 is 1.00 bits per heavy atom. The van der Waals surface area contributed by atoms with Gasteiger partial charge in [-0.15, -0.1) is 11.6 Å². The number of halogens is 3. The first-order chi connectivity index (χ1) is 8.08. The maximum Gasteiger partial charge on any atom is 0.0835 e. The molecular weight excluding hydrogens is 319 g/mol. The maximum atomic E-state index is 6.44. The highest BCUT2D eigenvalue weighted by atomic mass is 79.9. The summed E-state index contributed by atoms with van der Waals surface area (Å²) in [5.41, 5.74) is 3.33. The largest absolute Gasteiger partial charge is 0.113 e. The quantitative estimate of drug-likeness (QED) is 0.616. The predicted octanol–water partition coefficient (Wildman–Crippen LogP) is 5.74. The molecule has 2 rings (SSSR count). The fraction of sp³-hybridized carbons (Fsp3) is 0.143. The highest BCUT2D eigenvalue weighted by Gasteiger charge is 2.11. The molecule has 1 atom stereocenters. The minimum absolute atomic E-state index is 0.149. The summed E-state index contributed by atoms with van der Waals surface area (Å²) < 4.78 is 1.08. The number of rotatable bonds is 2. The third-order valence-electron chi connectivity index (χ3n) is 2.65. The Bertz CT molecular complexity index is 520. The van der Waals surface area contributed by atoms with E-state index < -0.39 is 0 Å². The summed E-state index contributed by atoms with van der Waals surface area (Å²) >= 11 is 15.8. The van der Waals surface area contributed by atoms with Gasteiger partial charge < -0.3 is 0 Å². The Kier molecular flexibility index (Phi) is 4.13. The van der Waals surface area contributed by atoms with Gasteiger partial charge in [-0.25, -0.2) is 0 Å². The second-order valence-electron chi connectivity index (χ2n) is 3.92.